The molecule has 1 heterocycles. The topological polar surface area (TPSA) is 79.5 Å². The van der Waals surface area contributed by atoms with E-state index in [0.29, 0.717) is 6.54 Å². The summed E-state index contributed by atoms with van der Waals surface area (Å²) in [5.74, 6) is -0.859. The van der Waals surface area contributed by atoms with Crippen LogP contribution in [0.25, 0.3) is 0 Å². The molecular formula is C11H17N3O2. The molecule has 1 unspecified atom stereocenters. The Morgan fingerprint density at radius 2 is 2.44 bits per heavy atom. The lowest BCUT2D eigenvalue weighted by molar-refractivity contribution is -0.137. The molecule has 1 rings (SSSR count). The number of carboxylic acid groups (broad SMARTS) is 1. The first-order valence-corrected chi connectivity index (χ1v) is 5.12. The molecule has 16 heavy (non-hydrogen) atoms. The maximum atomic E-state index is 10.4. The number of carboxylic acids is 1. The van der Waals surface area contributed by atoms with Crippen LogP contribution in [-0.4, -0.2) is 40.6 Å². The van der Waals surface area contributed by atoms with Gasteiger partial charge in [0.25, 0.3) is 0 Å². The van der Waals surface area contributed by atoms with Crippen molar-refractivity contribution in [2.45, 2.75) is 19.0 Å². The van der Waals surface area contributed by atoms with E-state index in [1.807, 2.05) is 24.1 Å². The molecule has 1 aromatic heterocycles. The highest BCUT2D eigenvalue weighted by atomic mass is 16.4. The Kier molecular flexibility index (Phi) is 4.88. The zero-order chi connectivity index (χ0) is 12.0. The number of likely N-dealkylation sites (N-methyl/N-ethyl adjacent to an activating group) is 1. The first-order valence-electron chi connectivity index (χ1n) is 5.12. The summed E-state index contributed by atoms with van der Waals surface area (Å²) in [6, 6.07) is 3.52. The second kappa shape index (κ2) is 6.19. The minimum atomic E-state index is -0.859. The van der Waals surface area contributed by atoms with E-state index >= 15 is 0 Å². The van der Waals surface area contributed by atoms with E-state index in [0.717, 1.165) is 12.1 Å². The minimum absolute atomic E-state index is 0.00260. The molecule has 1 atom stereocenters. The van der Waals surface area contributed by atoms with Crippen molar-refractivity contribution in [1.29, 1.82) is 0 Å². The lowest BCUT2D eigenvalue weighted by Crippen LogP contribution is -2.36. The van der Waals surface area contributed by atoms with Gasteiger partial charge in [-0.15, -0.1) is 0 Å². The summed E-state index contributed by atoms with van der Waals surface area (Å²) in [4.78, 5) is 16.4. The van der Waals surface area contributed by atoms with Gasteiger partial charge in [-0.05, 0) is 18.7 Å². The van der Waals surface area contributed by atoms with Crippen LogP contribution in [0.3, 0.4) is 0 Å². The normalized spacial score (nSPS) is 12.7. The molecule has 88 valence electrons. The molecule has 0 aliphatic heterocycles. The highest BCUT2D eigenvalue weighted by molar-refractivity contribution is 5.67. The third-order valence-electron chi connectivity index (χ3n) is 2.16. The fraction of sp³-hybridized carbons (Fsp3) is 0.455. The largest absolute Gasteiger partial charge is 0.481 e. The first kappa shape index (κ1) is 12.6. The predicted molar refractivity (Wildman–Crippen MR) is 60.8 cm³/mol. The Balaban J connectivity index is 2.36. The Hall–Kier alpha value is -1.46. The molecule has 0 bridgehead atoms. The van der Waals surface area contributed by atoms with Gasteiger partial charge in [-0.1, -0.05) is 6.07 Å². The van der Waals surface area contributed by atoms with E-state index in [-0.39, 0.29) is 12.5 Å². The van der Waals surface area contributed by atoms with Crippen LogP contribution in [0, 0.1) is 0 Å². The number of nitrogens with two attached hydrogens (primary N) is 1. The van der Waals surface area contributed by atoms with E-state index in [9.17, 15) is 4.79 Å². The summed E-state index contributed by atoms with van der Waals surface area (Å²) in [6.07, 6.45) is 3.51. The third kappa shape index (κ3) is 4.86. The van der Waals surface area contributed by atoms with E-state index < -0.39 is 5.97 Å². The van der Waals surface area contributed by atoms with Crippen LogP contribution >= 0.6 is 0 Å². The Labute approximate surface area is 94.9 Å². The lowest BCUT2D eigenvalue weighted by atomic mass is 10.2. The van der Waals surface area contributed by atoms with Crippen LogP contribution < -0.4 is 5.73 Å². The highest BCUT2D eigenvalue weighted by Gasteiger charge is 2.10. The molecule has 0 aromatic carbocycles. The van der Waals surface area contributed by atoms with Crippen molar-refractivity contribution < 1.29 is 9.90 Å². The van der Waals surface area contributed by atoms with Crippen molar-refractivity contribution >= 4 is 5.97 Å². The molecule has 0 fully saturated rings. The van der Waals surface area contributed by atoms with Gasteiger partial charge in [-0.3, -0.25) is 9.78 Å². The van der Waals surface area contributed by atoms with E-state index in [2.05, 4.69) is 4.98 Å². The molecule has 1 aromatic rings. The zero-order valence-electron chi connectivity index (χ0n) is 9.34. The number of hydrogen-bond acceptors (Lipinski definition) is 4. The number of rotatable bonds is 6. The quantitative estimate of drug-likeness (QED) is 0.726. The Morgan fingerprint density at radius 1 is 1.69 bits per heavy atom. The van der Waals surface area contributed by atoms with Crippen molar-refractivity contribution in [1.82, 2.24) is 9.88 Å². The van der Waals surface area contributed by atoms with Gasteiger partial charge in [0.15, 0.2) is 0 Å². The molecule has 0 spiro atoms. The summed E-state index contributed by atoms with van der Waals surface area (Å²) in [5.41, 5.74) is 6.78. The van der Waals surface area contributed by atoms with Crippen LogP contribution in [0.4, 0.5) is 0 Å². The molecule has 0 amide bonds. The molecule has 0 saturated carbocycles. The van der Waals surface area contributed by atoms with E-state index in [1.54, 1.807) is 12.4 Å². The third-order valence-corrected chi connectivity index (χ3v) is 2.16. The van der Waals surface area contributed by atoms with Crippen molar-refractivity contribution in [3.05, 3.63) is 30.1 Å². The van der Waals surface area contributed by atoms with Gasteiger partial charge in [0, 0.05) is 31.5 Å². The first-order chi connectivity index (χ1) is 7.58. The smallest absolute Gasteiger partial charge is 0.304 e. The van der Waals surface area contributed by atoms with Gasteiger partial charge in [-0.25, -0.2) is 0 Å². The lowest BCUT2D eigenvalue weighted by Gasteiger charge is -2.20. The van der Waals surface area contributed by atoms with Gasteiger partial charge >= 0.3 is 5.97 Å². The van der Waals surface area contributed by atoms with Crippen LogP contribution in [0.5, 0.6) is 0 Å². The minimum Gasteiger partial charge on any atom is -0.481 e. The van der Waals surface area contributed by atoms with Crippen LogP contribution in [0.2, 0.25) is 0 Å². The van der Waals surface area contributed by atoms with Crippen molar-refractivity contribution in [3.63, 3.8) is 0 Å². The Morgan fingerprint density at radius 3 is 3.00 bits per heavy atom. The molecule has 0 radical (unpaired) electrons. The average molecular weight is 223 g/mol. The number of carbonyl (C=O) groups is 1. The van der Waals surface area contributed by atoms with Gasteiger partial charge in [-0.2, -0.15) is 0 Å². The van der Waals surface area contributed by atoms with Crippen LogP contribution in [0.15, 0.2) is 24.5 Å². The molecule has 5 nitrogen and oxygen atoms in total. The molecular weight excluding hydrogens is 206 g/mol. The molecule has 3 N–H and O–H groups in total. The highest BCUT2D eigenvalue weighted by Crippen LogP contribution is 2.01. The molecule has 5 heteroatoms. The summed E-state index contributed by atoms with van der Waals surface area (Å²) >= 11 is 0. The molecule has 0 aliphatic rings. The monoisotopic (exact) mass is 223 g/mol. The summed E-state index contributed by atoms with van der Waals surface area (Å²) in [6.45, 7) is 1.28. The van der Waals surface area contributed by atoms with Crippen molar-refractivity contribution in [3.8, 4) is 0 Å². The number of nitrogens with zero attached hydrogens (tertiary/aromatic N) is 2. The van der Waals surface area contributed by atoms with Crippen molar-refractivity contribution in [2.24, 2.45) is 5.73 Å². The summed E-state index contributed by atoms with van der Waals surface area (Å²) < 4.78 is 0. The fourth-order valence-corrected chi connectivity index (χ4v) is 1.56. The SMILES string of the molecule is CN(Cc1cccnc1)CC(N)CC(=O)O. The van der Waals surface area contributed by atoms with E-state index in [1.165, 1.54) is 0 Å². The fourth-order valence-electron chi connectivity index (χ4n) is 1.56. The number of aromatic nitrogens is 1. The van der Waals surface area contributed by atoms with Crippen LogP contribution in [-0.2, 0) is 11.3 Å². The van der Waals surface area contributed by atoms with E-state index in [4.69, 9.17) is 10.8 Å². The van der Waals surface area contributed by atoms with Crippen LogP contribution in [0.1, 0.15) is 12.0 Å². The maximum Gasteiger partial charge on any atom is 0.304 e. The van der Waals surface area contributed by atoms with Crippen molar-refractivity contribution in [2.75, 3.05) is 13.6 Å². The van der Waals surface area contributed by atoms with Gasteiger partial charge in [0.05, 0.1) is 6.42 Å². The summed E-state index contributed by atoms with van der Waals surface area (Å²) in [7, 11) is 1.91. The number of pyridine rings is 1. The summed E-state index contributed by atoms with van der Waals surface area (Å²) in [5, 5.41) is 8.58. The number of hydrogen-bond donors (Lipinski definition) is 2. The Bertz CT molecular complexity index is 329. The second-order valence-corrected chi connectivity index (χ2v) is 3.92. The standard InChI is InChI=1S/C11H17N3O2/c1-14(8-10(12)5-11(15)16)7-9-3-2-4-13-6-9/h2-4,6,10H,5,7-8,12H2,1H3,(H,15,16). The van der Waals surface area contributed by atoms with Gasteiger partial charge in [0.1, 0.15) is 0 Å². The number of aliphatic carboxylic acids is 1. The second-order valence-electron chi connectivity index (χ2n) is 3.92. The predicted octanol–water partition coefficient (Wildman–Crippen LogP) is 0.315. The maximum absolute atomic E-state index is 10.4. The average Bonchev–Trinajstić information content (AvgIpc) is 2.17. The van der Waals surface area contributed by atoms with Gasteiger partial charge in [0.2, 0.25) is 0 Å². The zero-order valence-corrected chi connectivity index (χ0v) is 9.34. The van der Waals surface area contributed by atoms with Gasteiger partial charge < -0.3 is 15.7 Å². The molecule has 0 saturated heterocycles. The molecule has 0 aliphatic carbocycles.